The molecule has 1 heterocycles. The molecule has 16 heavy (non-hydrogen) atoms. The van der Waals surface area contributed by atoms with Crippen molar-refractivity contribution >= 4 is 16.9 Å². The Labute approximate surface area is 93.5 Å². The first kappa shape index (κ1) is 9.58. The maximum absolute atomic E-state index is 11.9. The van der Waals surface area contributed by atoms with E-state index in [1.54, 1.807) is 0 Å². The number of hydrogen-bond donors (Lipinski definition) is 0. The third-order valence-corrected chi connectivity index (χ3v) is 3.49. The van der Waals surface area contributed by atoms with Gasteiger partial charge in [-0.3, -0.25) is 4.79 Å². The zero-order valence-electron chi connectivity index (χ0n) is 9.19. The monoisotopic (exact) mass is 215 g/mol. The number of carbonyl (C=O) groups is 1. The largest absolute Gasteiger partial charge is 0.443 e. The van der Waals surface area contributed by atoms with Crippen molar-refractivity contribution in [2.75, 3.05) is 0 Å². The first-order valence-corrected chi connectivity index (χ1v) is 5.63. The summed E-state index contributed by atoms with van der Waals surface area (Å²) in [4.78, 5) is 16.1. The Bertz CT molecular complexity index is 552. The summed E-state index contributed by atoms with van der Waals surface area (Å²) < 4.78 is 5.20. The van der Waals surface area contributed by atoms with Crippen LogP contribution in [0.15, 0.2) is 29.0 Å². The fourth-order valence-corrected chi connectivity index (χ4v) is 2.35. The number of rotatable bonds is 3. The lowest BCUT2D eigenvalue weighted by atomic mass is 9.90. The fourth-order valence-electron chi connectivity index (χ4n) is 2.35. The predicted octanol–water partition coefficient (Wildman–Crippen LogP) is 2.84. The van der Waals surface area contributed by atoms with E-state index in [0.29, 0.717) is 12.2 Å². The zero-order valence-corrected chi connectivity index (χ0v) is 9.19. The van der Waals surface area contributed by atoms with Crippen LogP contribution < -0.4 is 0 Å². The van der Waals surface area contributed by atoms with Gasteiger partial charge >= 0.3 is 0 Å². The van der Waals surface area contributed by atoms with Gasteiger partial charge in [0.05, 0.1) is 5.41 Å². The molecule has 1 aromatic heterocycles. The van der Waals surface area contributed by atoms with Crippen LogP contribution >= 0.6 is 0 Å². The summed E-state index contributed by atoms with van der Waals surface area (Å²) in [5.74, 6) is 0.343. The second kappa shape index (κ2) is 3.17. The molecule has 0 saturated heterocycles. The summed E-state index contributed by atoms with van der Waals surface area (Å²) in [5, 5.41) is 0. The van der Waals surface area contributed by atoms with Crippen LogP contribution in [0, 0.1) is 0 Å². The van der Waals surface area contributed by atoms with Crippen molar-refractivity contribution in [3.8, 4) is 0 Å². The van der Waals surface area contributed by atoms with Gasteiger partial charge in [-0.15, -0.1) is 0 Å². The molecule has 3 nitrogen and oxygen atoms in total. The van der Waals surface area contributed by atoms with E-state index in [0.717, 1.165) is 29.5 Å². The van der Waals surface area contributed by atoms with Crippen LogP contribution in [0.5, 0.6) is 0 Å². The quantitative estimate of drug-likeness (QED) is 0.790. The Kier molecular flexibility index (Phi) is 1.90. The fraction of sp³-hybridized carbons (Fsp3) is 0.385. The molecular weight excluding hydrogens is 202 g/mol. The first-order valence-electron chi connectivity index (χ1n) is 5.63. The van der Waals surface area contributed by atoms with Crippen LogP contribution in [-0.2, 0) is 10.2 Å². The Hall–Kier alpha value is -1.64. The molecule has 3 heteroatoms. The summed E-state index contributed by atoms with van der Waals surface area (Å²) >= 11 is 0. The average molecular weight is 215 g/mol. The SMILES string of the molecule is CCC(=O)C1(c2ccc3ocnc3c2)CC1. The molecule has 2 aromatic rings. The average Bonchev–Trinajstić information content (AvgIpc) is 3.00. The van der Waals surface area contributed by atoms with E-state index in [2.05, 4.69) is 4.98 Å². The topological polar surface area (TPSA) is 43.1 Å². The summed E-state index contributed by atoms with van der Waals surface area (Å²) in [6.45, 7) is 1.93. The van der Waals surface area contributed by atoms with Crippen molar-refractivity contribution in [2.45, 2.75) is 31.6 Å². The molecule has 0 spiro atoms. The molecule has 0 bridgehead atoms. The molecular formula is C13H13NO2. The Morgan fingerprint density at radius 2 is 2.31 bits per heavy atom. The minimum atomic E-state index is -0.206. The van der Waals surface area contributed by atoms with Gasteiger partial charge in [-0.25, -0.2) is 4.98 Å². The van der Waals surface area contributed by atoms with Gasteiger partial charge in [0.1, 0.15) is 11.3 Å². The van der Waals surface area contributed by atoms with E-state index < -0.39 is 0 Å². The molecule has 3 rings (SSSR count). The van der Waals surface area contributed by atoms with E-state index in [1.807, 2.05) is 25.1 Å². The lowest BCUT2D eigenvalue weighted by molar-refractivity contribution is -0.121. The second-order valence-electron chi connectivity index (χ2n) is 4.39. The molecule has 0 N–H and O–H groups in total. The van der Waals surface area contributed by atoms with Gasteiger partial charge < -0.3 is 4.42 Å². The molecule has 0 unspecified atom stereocenters. The number of Topliss-reactive ketones (excluding diaryl/α,β-unsaturated/α-hetero) is 1. The van der Waals surface area contributed by atoms with Crippen molar-refractivity contribution in [3.05, 3.63) is 30.2 Å². The third-order valence-electron chi connectivity index (χ3n) is 3.49. The standard InChI is InChI=1S/C13H13NO2/c1-2-12(15)13(5-6-13)9-3-4-11-10(7-9)14-8-16-11/h3-4,7-8H,2,5-6H2,1H3. The maximum Gasteiger partial charge on any atom is 0.181 e. The lowest BCUT2D eigenvalue weighted by Crippen LogP contribution is -2.19. The predicted molar refractivity (Wildman–Crippen MR) is 60.2 cm³/mol. The highest BCUT2D eigenvalue weighted by molar-refractivity contribution is 5.93. The van der Waals surface area contributed by atoms with Gasteiger partial charge in [-0.2, -0.15) is 0 Å². The molecule has 82 valence electrons. The van der Waals surface area contributed by atoms with Gasteiger partial charge in [0, 0.05) is 6.42 Å². The van der Waals surface area contributed by atoms with Gasteiger partial charge in [0.2, 0.25) is 0 Å². The van der Waals surface area contributed by atoms with Crippen LogP contribution in [-0.4, -0.2) is 10.8 Å². The molecule has 1 aliphatic carbocycles. The van der Waals surface area contributed by atoms with Crippen LogP contribution in [0.2, 0.25) is 0 Å². The number of aromatic nitrogens is 1. The van der Waals surface area contributed by atoms with E-state index in [1.165, 1.54) is 6.39 Å². The summed E-state index contributed by atoms with van der Waals surface area (Å²) in [6.07, 6.45) is 4.00. The van der Waals surface area contributed by atoms with E-state index in [-0.39, 0.29) is 5.41 Å². The van der Waals surface area contributed by atoms with Crippen molar-refractivity contribution < 1.29 is 9.21 Å². The first-order chi connectivity index (χ1) is 7.76. The molecule has 0 atom stereocenters. The number of fused-ring (bicyclic) bond motifs is 1. The smallest absolute Gasteiger partial charge is 0.181 e. The molecule has 1 fully saturated rings. The second-order valence-corrected chi connectivity index (χ2v) is 4.39. The van der Waals surface area contributed by atoms with Crippen molar-refractivity contribution in [1.29, 1.82) is 0 Å². The number of hydrogen-bond acceptors (Lipinski definition) is 3. The highest BCUT2D eigenvalue weighted by atomic mass is 16.3. The number of oxazole rings is 1. The number of nitrogens with zero attached hydrogens (tertiary/aromatic N) is 1. The maximum atomic E-state index is 11.9. The Morgan fingerprint density at radius 3 is 3.00 bits per heavy atom. The minimum absolute atomic E-state index is 0.206. The lowest BCUT2D eigenvalue weighted by Gasteiger charge is -2.12. The molecule has 0 aliphatic heterocycles. The molecule has 1 saturated carbocycles. The van der Waals surface area contributed by atoms with Gasteiger partial charge in [-0.1, -0.05) is 13.0 Å². The third kappa shape index (κ3) is 1.21. The van der Waals surface area contributed by atoms with E-state index in [4.69, 9.17) is 4.42 Å². The highest BCUT2D eigenvalue weighted by Crippen LogP contribution is 2.50. The Balaban J connectivity index is 2.09. The number of ketones is 1. The summed E-state index contributed by atoms with van der Waals surface area (Å²) in [6, 6.07) is 5.88. The minimum Gasteiger partial charge on any atom is -0.443 e. The van der Waals surface area contributed by atoms with Crippen LogP contribution in [0.1, 0.15) is 31.7 Å². The van der Waals surface area contributed by atoms with Crippen molar-refractivity contribution in [1.82, 2.24) is 4.98 Å². The number of carbonyl (C=O) groups excluding carboxylic acids is 1. The Morgan fingerprint density at radius 1 is 1.50 bits per heavy atom. The molecule has 1 aromatic carbocycles. The van der Waals surface area contributed by atoms with Crippen molar-refractivity contribution in [3.63, 3.8) is 0 Å². The zero-order chi connectivity index (χ0) is 11.2. The van der Waals surface area contributed by atoms with Crippen LogP contribution in [0.25, 0.3) is 11.1 Å². The van der Waals surface area contributed by atoms with Gasteiger partial charge in [-0.05, 0) is 30.5 Å². The summed E-state index contributed by atoms with van der Waals surface area (Å²) in [7, 11) is 0. The normalized spacial score (nSPS) is 17.6. The number of benzene rings is 1. The molecule has 1 aliphatic rings. The van der Waals surface area contributed by atoms with Gasteiger partial charge in [0.25, 0.3) is 0 Å². The van der Waals surface area contributed by atoms with E-state index in [9.17, 15) is 4.79 Å². The molecule has 0 amide bonds. The molecule has 0 radical (unpaired) electrons. The van der Waals surface area contributed by atoms with Gasteiger partial charge in [0.15, 0.2) is 12.0 Å². The van der Waals surface area contributed by atoms with Crippen molar-refractivity contribution in [2.24, 2.45) is 0 Å². The highest BCUT2D eigenvalue weighted by Gasteiger charge is 2.49. The van der Waals surface area contributed by atoms with Crippen LogP contribution in [0.4, 0.5) is 0 Å². The van der Waals surface area contributed by atoms with Crippen LogP contribution in [0.3, 0.4) is 0 Å². The summed E-state index contributed by atoms with van der Waals surface area (Å²) in [5.41, 5.74) is 2.51. The van der Waals surface area contributed by atoms with E-state index >= 15 is 0 Å².